The second-order valence-corrected chi connectivity index (χ2v) is 6.43. The topological polar surface area (TPSA) is 32.3 Å². The van der Waals surface area contributed by atoms with E-state index < -0.39 is 0 Å². The van der Waals surface area contributed by atoms with Gasteiger partial charge in [0.2, 0.25) is 5.91 Å². The van der Waals surface area contributed by atoms with Crippen LogP contribution in [0.3, 0.4) is 0 Å². The Kier molecular flexibility index (Phi) is 2.67. The molecule has 0 aromatic heterocycles. The standard InChI is InChI=1S/C12H20N2OS/c1-2-10-13-12(5-6-12)11(15)14(10)9-3-7-16-8-4-9/h9-10,13H,2-8H2,1H3. The summed E-state index contributed by atoms with van der Waals surface area (Å²) < 4.78 is 0. The molecule has 1 aliphatic carbocycles. The van der Waals surface area contributed by atoms with Gasteiger partial charge in [-0.1, -0.05) is 6.92 Å². The van der Waals surface area contributed by atoms with Gasteiger partial charge in [0.15, 0.2) is 0 Å². The molecule has 2 aliphatic heterocycles. The van der Waals surface area contributed by atoms with Crippen molar-refractivity contribution in [1.82, 2.24) is 10.2 Å². The molecule has 90 valence electrons. The lowest BCUT2D eigenvalue weighted by molar-refractivity contribution is -0.133. The van der Waals surface area contributed by atoms with E-state index in [1.54, 1.807) is 0 Å². The molecule has 1 N–H and O–H groups in total. The van der Waals surface area contributed by atoms with Crippen molar-refractivity contribution in [2.75, 3.05) is 11.5 Å². The molecule has 1 spiro atoms. The molecule has 1 saturated carbocycles. The van der Waals surface area contributed by atoms with Crippen molar-refractivity contribution < 1.29 is 4.79 Å². The Morgan fingerprint density at radius 1 is 1.44 bits per heavy atom. The molecule has 0 aromatic carbocycles. The lowest BCUT2D eigenvalue weighted by Crippen LogP contribution is -2.45. The fourth-order valence-electron chi connectivity index (χ4n) is 3.00. The smallest absolute Gasteiger partial charge is 0.244 e. The van der Waals surface area contributed by atoms with Gasteiger partial charge in [-0.2, -0.15) is 11.8 Å². The Bertz CT molecular complexity index is 297. The predicted octanol–water partition coefficient (Wildman–Crippen LogP) is 1.58. The molecule has 3 fully saturated rings. The van der Waals surface area contributed by atoms with E-state index in [0.29, 0.717) is 18.1 Å². The highest BCUT2D eigenvalue weighted by molar-refractivity contribution is 7.99. The number of rotatable bonds is 2. The number of nitrogens with zero attached hydrogens (tertiary/aromatic N) is 1. The number of thioether (sulfide) groups is 1. The van der Waals surface area contributed by atoms with Crippen molar-refractivity contribution in [2.45, 2.75) is 56.8 Å². The molecule has 16 heavy (non-hydrogen) atoms. The summed E-state index contributed by atoms with van der Waals surface area (Å²) in [5.41, 5.74) is -0.120. The molecule has 2 saturated heterocycles. The quantitative estimate of drug-likeness (QED) is 0.795. The number of carbonyl (C=O) groups is 1. The molecule has 0 bridgehead atoms. The summed E-state index contributed by atoms with van der Waals surface area (Å²) in [6.07, 6.45) is 5.83. The van der Waals surface area contributed by atoms with Gasteiger partial charge in [0, 0.05) is 6.04 Å². The van der Waals surface area contributed by atoms with Crippen LogP contribution in [0.1, 0.15) is 39.0 Å². The average molecular weight is 240 g/mol. The van der Waals surface area contributed by atoms with Crippen molar-refractivity contribution in [3.63, 3.8) is 0 Å². The Labute approximate surface area is 101 Å². The van der Waals surface area contributed by atoms with Gasteiger partial charge in [0.05, 0.1) is 11.7 Å². The van der Waals surface area contributed by atoms with E-state index in [0.717, 1.165) is 19.3 Å². The first-order valence-electron chi connectivity index (χ1n) is 6.45. The van der Waals surface area contributed by atoms with Crippen LogP contribution in [0.25, 0.3) is 0 Å². The van der Waals surface area contributed by atoms with E-state index in [4.69, 9.17) is 0 Å². The van der Waals surface area contributed by atoms with Crippen LogP contribution in [-0.2, 0) is 4.79 Å². The van der Waals surface area contributed by atoms with E-state index in [1.807, 2.05) is 11.8 Å². The predicted molar refractivity (Wildman–Crippen MR) is 66.4 cm³/mol. The van der Waals surface area contributed by atoms with Crippen LogP contribution >= 0.6 is 11.8 Å². The molecular formula is C12H20N2OS. The van der Waals surface area contributed by atoms with E-state index in [2.05, 4.69) is 17.1 Å². The number of hydrogen-bond acceptors (Lipinski definition) is 3. The van der Waals surface area contributed by atoms with Crippen LogP contribution in [0.2, 0.25) is 0 Å². The minimum absolute atomic E-state index is 0.120. The zero-order chi connectivity index (χ0) is 11.2. The summed E-state index contributed by atoms with van der Waals surface area (Å²) in [5, 5.41) is 3.56. The van der Waals surface area contributed by atoms with E-state index >= 15 is 0 Å². The third kappa shape index (κ3) is 1.58. The van der Waals surface area contributed by atoms with Crippen molar-refractivity contribution in [2.24, 2.45) is 0 Å². The number of amides is 1. The molecular weight excluding hydrogens is 220 g/mol. The SMILES string of the molecule is CCC1NC2(CC2)C(=O)N1C1CCSCC1. The molecule has 1 atom stereocenters. The lowest BCUT2D eigenvalue weighted by Gasteiger charge is -2.34. The normalized spacial score (nSPS) is 33.7. The highest BCUT2D eigenvalue weighted by Crippen LogP contribution is 2.44. The third-order valence-corrected chi connectivity index (χ3v) is 5.19. The number of nitrogens with one attached hydrogen (secondary N) is 1. The van der Waals surface area contributed by atoms with Gasteiger partial charge >= 0.3 is 0 Å². The maximum atomic E-state index is 12.4. The monoisotopic (exact) mass is 240 g/mol. The van der Waals surface area contributed by atoms with E-state index in [1.165, 1.54) is 24.3 Å². The Hall–Kier alpha value is -0.220. The fourth-order valence-corrected chi connectivity index (χ4v) is 4.09. The second-order valence-electron chi connectivity index (χ2n) is 5.21. The van der Waals surface area contributed by atoms with Crippen LogP contribution in [-0.4, -0.2) is 40.1 Å². The van der Waals surface area contributed by atoms with Crippen LogP contribution in [0, 0.1) is 0 Å². The van der Waals surface area contributed by atoms with E-state index in [9.17, 15) is 4.79 Å². The Morgan fingerprint density at radius 2 is 2.12 bits per heavy atom. The molecule has 3 nitrogen and oxygen atoms in total. The van der Waals surface area contributed by atoms with Gasteiger partial charge in [-0.25, -0.2) is 0 Å². The summed E-state index contributed by atoms with van der Waals surface area (Å²) in [5.74, 6) is 2.84. The number of carbonyl (C=O) groups excluding carboxylic acids is 1. The molecule has 3 rings (SSSR count). The number of hydrogen-bond donors (Lipinski definition) is 1. The summed E-state index contributed by atoms with van der Waals surface area (Å²) in [6.45, 7) is 2.18. The minimum atomic E-state index is -0.120. The van der Waals surface area contributed by atoms with Crippen molar-refractivity contribution >= 4 is 17.7 Å². The maximum absolute atomic E-state index is 12.4. The maximum Gasteiger partial charge on any atom is 0.244 e. The van der Waals surface area contributed by atoms with E-state index in [-0.39, 0.29) is 5.54 Å². The third-order valence-electron chi connectivity index (χ3n) is 4.14. The zero-order valence-electron chi connectivity index (χ0n) is 9.87. The second kappa shape index (κ2) is 3.91. The largest absolute Gasteiger partial charge is 0.323 e. The van der Waals surface area contributed by atoms with Gasteiger partial charge in [-0.05, 0) is 43.6 Å². The van der Waals surface area contributed by atoms with Crippen LogP contribution in [0.15, 0.2) is 0 Å². The Morgan fingerprint density at radius 3 is 2.69 bits per heavy atom. The highest BCUT2D eigenvalue weighted by Gasteiger charge is 2.59. The van der Waals surface area contributed by atoms with Crippen molar-refractivity contribution in [3.05, 3.63) is 0 Å². The zero-order valence-corrected chi connectivity index (χ0v) is 10.7. The minimum Gasteiger partial charge on any atom is -0.323 e. The summed E-state index contributed by atoms with van der Waals surface area (Å²) in [7, 11) is 0. The van der Waals surface area contributed by atoms with Crippen molar-refractivity contribution in [3.8, 4) is 0 Å². The fraction of sp³-hybridized carbons (Fsp3) is 0.917. The molecule has 1 unspecified atom stereocenters. The molecule has 0 radical (unpaired) electrons. The van der Waals surface area contributed by atoms with Crippen molar-refractivity contribution in [1.29, 1.82) is 0 Å². The van der Waals surface area contributed by atoms with Gasteiger partial charge in [-0.3, -0.25) is 10.1 Å². The first-order chi connectivity index (χ1) is 7.77. The van der Waals surface area contributed by atoms with Crippen LogP contribution in [0.4, 0.5) is 0 Å². The highest BCUT2D eigenvalue weighted by atomic mass is 32.2. The average Bonchev–Trinajstić information content (AvgIpc) is 3.04. The molecule has 4 heteroatoms. The molecule has 1 amide bonds. The Balaban J connectivity index is 1.78. The van der Waals surface area contributed by atoms with Crippen LogP contribution in [0.5, 0.6) is 0 Å². The van der Waals surface area contributed by atoms with Gasteiger partial charge in [-0.15, -0.1) is 0 Å². The molecule has 3 aliphatic rings. The lowest BCUT2D eigenvalue weighted by atomic mass is 10.1. The first kappa shape index (κ1) is 10.9. The van der Waals surface area contributed by atoms with Gasteiger partial charge < -0.3 is 4.90 Å². The summed E-state index contributed by atoms with van der Waals surface area (Å²) in [4.78, 5) is 14.6. The summed E-state index contributed by atoms with van der Waals surface area (Å²) >= 11 is 2.02. The molecule has 0 aromatic rings. The first-order valence-corrected chi connectivity index (χ1v) is 7.60. The van der Waals surface area contributed by atoms with Gasteiger partial charge in [0.25, 0.3) is 0 Å². The molecule has 2 heterocycles. The van der Waals surface area contributed by atoms with Crippen LogP contribution < -0.4 is 5.32 Å². The summed E-state index contributed by atoms with van der Waals surface area (Å²) in [6, 6.07) is 0.506. The van der Waals surface area contributed by atoms with Gasteiger partial charge in [0.1, 0.15) is 0 Å².